The molecule has 1 aliphatic rings. The monoisotopic (exact) mass is 267 g/mol. The Balaban J connectivity index is 1.96. The summed E-state index contributed by atoms with van der Waals surface area (Å²) in [4.78, 5) is 0. The molecule has 106 valence electrons. The highest BCUT2D eigenvalue weighted by Crippen LogP contribution is 2.29. The molecule has 0 saturated heterocycles. The molecule has 1 saturated carbocycles. The first-order valence-corrected chi connectivity index (χ1v) is 6.87. The second-order valence-electron chi connectivity index (χ2n) is 5.03. The maximum absolute atomic E-state index is 13.2. The smallest absolute Gasteiger partial charge is 0.128 e. The van der Waals surface area contributed by atoms with Crippen molar-refractivity contribution in [1.29, 1.82) is 0 Å². The maximum Gasteiger partial charge on any atom is 0.128 e. The van der Waals surface area contributed by atoms with Crippen molar-refractivity contribution in [3.05, 3.63) is 29.6 Å². The van der Waals surface area contributed by atoms with E-state index < -0.39 is 0 Å². The van der Waals surface area contributed by atoms with Gasteiger partial charge in [0.2, 0.25) is 0 Å². The van der Waals surface area contributed by atoms with Crippen LogP contribution in [0.2, 0.25) is 0 Å². The van der Waals surface area contributed by atoms with Gasteiger partial charge in [0.15, 0.2) is 0 Å². The molecule has 3 unspecified atom stereocenters. The molecule has 3 nitrogen and oxygen atoms in total. The molecule has 4 heteroatoms. The standard InChI is InChI=1S/C15H22FNO2/c1-4-7-18-15-13(17-3)9-14(15)19-11-5-6-12(16)10(2)8-11/h5-6,8,13-15,17H,4,7,9H2,1-3H3. The minimum absolute atomic E-state index is 0.0499. The van der Waals surface area contributed by atoms with E-state index in [-0.39, 0.29) is 18.0 Å². The molecular formula is C15H22FNO2. The summed E-state index contributed by atoms with van der Waals surface area (Å²) in [5.41, 5.74) is 0.605. The molecule has 1 N–H and O–H groups in total. The second kappa shape index (κ2) is 6.35. The van der Waals surface area contributed by atoms with Gasteiger partial charge >= 0.3 is 0 Å². The molecule has 0 heterocycles. The van der Waals surface area contributed by atoms with Gasteiger partial charge in [-0.25, -0.2) is 4.39 Å². The fourth-order valence-corrected chi connectivity index (χ4v) is 2.32. The van der Waals surface area contributed by atoms with E-state index in [1.165, 1.54) is 6.07 Å². The first kappa shape index (κ1) is 14.3. The molecule has 1 fully saturated rings. The van der Waals surface area contributed by atoms with Gasteiger partial charge in [-0.3, -0.25) is 0 Å². The lowest BCUT2D eigenvalue weighted by atomic mass is 9.85. The van der Waals surface area contributed by atoms with Gasteiger partial charge < -0.3 is 14.8 Å². The zero-order valence-corrected chi connectivity index (χ0v) is 11.8. The fourth-order valence-electron chi connectivity index (χ4n) is 2.32. The lowest BCUT2D eigenvalue weighted by Crippen LogP contribution is -2.60. The molecule has 19 heavy (non-hydrogen) atoms. The number of rotatable bonds is 6. The molecule has 0 aromatic heterocycles. The third kappa shape index (κ3) is 3.25. The zero-order valence-electron chi connectivity index (χ0n) is 11.8. The third-order valence-electron chi connectivity index (χ3n) is 3.55. The molecule has 1 aliphatic carbocycles. The van der Waals surface area contributed by atoms with E-state index in [9.17, 15) is 4.39 Å². The van der Waals surface area contributed by atoms with Crippen LogP contribution in [0.5, 0.6) is 5.75 Å². The van der Waals surface area contributed by atoms with Crippen LogP contribution in [0.15, 0.2) is 18.2 Å². The average Bonchev–Trinajstić information content (AvgIpc) is 2.38. The molecule has 1 aromatic carbocycles. The van der Waals surface area contributed by atoms with E-state index in [0.717, 1.165) is 19.4 Å². The summed E-state index contributed by atoms with van der Waals surface area (Å²) >= 11 is 0. The third-order valence-corrected chi connectivity index (χ3v) is 3.55. The van der Waals surface area contributed by atoms with Crippen molar-refractivity contribution < 1.29 is 13.9 Å². The Labute approximate surface area is 114 Å². The molecule has 0 amide bonds. The zero-order chi connectivity index (χ0) is 13.8. The summed E-state index contributed by atoms with van der Waals surface area (Å²) in [6.45, 7) is 4.57. The molecule has 0 aliphatic heterocycles. The quantitative estimate of drug-likeness (QED) is 0.859. The molecule has 1 aromatic rings. The van der Waals surface area contributed by atoms with Crippen LogP contribution < -0.4 is 10.1 Å². The van der Waals surface area contributed by atoms with E-state index in [4.69, 9.17) is 9.47 Å². The van der Waals surface area contributed by atoms with Crippen molar-refractivity contribution in [2.45, 2.75) is 44.9 Å². The maximum atomic E-state index is 13.2. The first-order valence-electron chi connectivity index (χ1n) is 6.87. The van der Waals surface area contributed by atoms with Crippen LogP contribution in [0.4, 0.5) is 4.39 Å². The Morgan fingerprint density at radius 1 is 1.42 bits per heavy atom. The summed E-state index contributed by atoms with van der Waals surface area (Å²) in [7, 11) is 1.94. The normalized spacial score (nSPS) is 26.0. The van der Waals surface area contributed by atoms with E-state index in [2.05, 4.69) is 12.2 Å². The van der Waals surface area contributed by atoms with Crippen LogP contribution in [0.1, 0.15) is 25.3 Å². The van der Waals surface area contributed by atoms with E-state index in [0.29, 0.717) is 17.4 Å². The van der Waals surface area contributed by atoms with Crippen molar-refractivity contribution in [3.8, 4) is 5.75 Å². The van der Waals surface area contributed by atoms with Crippen molar-refractivity contribution in [1.82, 2.24) is 5.32 Å². The van der Waals surface area contributed by atoms with Gasteiger partial charge in [-0.1, -0.05) is 6.92 Å². The van der Waals surface area contributed by atoms with Gasteiger partial charge in [-0.15, -0.1) is 0 Å². The highest BCUT2D eigenvalue weighted by atomic mass is 19.1. The van der Waals surface area contributed by atoms with Crippen LogP contribution >= 0.6 is 0 Å². The Kier molecular flexibility index (Phi) is 4.77. The number of likely N-dealkylation sites (N-methyl/N-ethyl adjacent to an activating group) is 1. The van der Waals surface area contributed by atoms with Crippen LogP contribution in [0.3, 0.4) is 0 Å². The Morgan fingerprint density at radius 3 is 2.84 bits per heavy atom. The number of benzene rings is 1. The van der Waals surface area contributed by atoms with Gasteiger partial charge in [-0.05, 0) is 44.2 Å². The second-order valence-corrected chi connectivity index (χ2v) is 5.03. The van der Waals surface area contributed by atoms with Gasteiger partial charge in [0.25, 0.3) is 0 Å². The van der Waals surface area contributed by atoms with E-state index in [1.807, 2.05) is 7.05 Å². The van der Waals surface area contributed by atoms with Crippen LogP contribution in [0.25, 0.3) is 0 Å². The number of halogens is 1. The van der Waals surface area contributed by atoms with Gasteiger partial charge in [0.1, 0.15) is 23.8 Å². The van der Waals surface area contributed by atoms with Gasteiger partial charge in [-0.2, -0.15) is 0 Å². The van der Waals surface area contributed by atoms with Crippen molar-refractivity contribution in [2.75, 3.05) is 13.7 Å². The van der Waals surface area contributed by atoms with Crippen LogP contribution in [0, 0.1) is 12.7 Å². The lowest BCUT2D eigenvalue weighted by Gasteiger charge is -2.43. The highest BCUT2D eigenvalue weighted by molar-refractivity contribution is 5.29. The lowest BCUT2D eigenvalue weighted by molar-refractivity contribution is -0.106. The molecule has 2 rings (SSSR count). The molecule has 0 bridgehead atoms. The van der Waals surface area contributed by atoms with Crippen molar-refractivity contribution >= 4 is 0 Å². The minimum Gasteiger partial charge on any atom is -0.488 e. The Morgan fingerprint density at radius 2 is 2.21 bits per heavy atom. The number of ether oxygens (including phenoxy) is 2. The molecule has 0 spiro atoms. The van der Waals surface area contributed by atoms with Crippen molar-refractivity contribution in [2.24, 2.45) is 0 Å². The number of hydrogen-bond donors (Lipinski definition) is 1. The van der Waals surface area contributed by atoms with Gasteiger partial charge in [0.05, 0.1) is 0 Å². The molecule has 3 atom stereocenters. The highest BCUT2D eigenvalue weighted by Gasteiger charge is 2.42. The van der Waals surface area contributed by atoms with Crippen LogP contribution in [-0.4, -0.2) is 31.9 Å². The molecular weight excluding hydrogens is 245 g/mol. The molecule has 0 radical (unpaired) electrons. The van der Waals surface area contributed by atoms with Crippen molar-refractivity contribution in [3.63, 3.8) is 0 Å². The first-order chi connectivity index (χ1) is 9.15. The summed E-state index contributed by atoms with van der Waals surface area (Å²) in [5, 5.41) is 3.23. The summed E-state index contributed by atoms with van der Waals surface area (Å²) in [5.74, 6) is 0.511. The summed E-state index contributed by atoms with van der Waals surface area (Å²) < 4.78 is 24.9. The Hall–Kier alpha value is -1.13. The topological polar surface area (TPSA) is 30.5 Å². The van der Waals surface area contributed by atoms with E-state index in [1.54, 1.807) is 19.1 Å². The number of hydrogen-bond acceptors (Lipinski definition) is 3. The number of aryl methyl sites for hydroxylation is 1. The fraction of sp³-hybridized carbons (Fsp3) is 0.600. The largest absolute Gasteiger partial charge is 0.488 e. The summed E-state index contributed by atoms with van der Waals surface area (Å²) in [6, 6.07) is 5.20. The Bertz CT molecular complexity index is 425. The van der Waals surface area contributed by atoms with E-state index >= 15 is 0 Å². The predicted molar refractivity (Wildman–Crippen MR) is 73.0 cm³/mol. The number of nitrogens with one attached hydrogen (secondary N) is 1. The van der Waals surface area contributed by atoms with Gasteiger partial charge in [0, 0.05) is 19.1 Å². The SMILES string of the molecule is CCCOC1C(NC)CC1Oc1ccc(F)c(C)c1. The predicted octanol–water partition coefficient (Wildman–Crippen LogP) is 2.67. The minimum atomic E-state index is -0.201. The summed E-state index contributed by atoms with van der Waals surface area (Å²) in [6.07, 6.45) is 2.04. The van der Waals surface area contributed by atoms with Crippen LogP contribution in [-0.2, 0) is 4.74 Å². The average molecular weight is 267 g/mol.